The Bertz CT molecular complexity index is 1180. The molecule has 0 bridgehead atoms. The lowest BCUT2D eigenvalue weighted by Gasteiger charge is -2.18. The summed E-state index contributed by atoms with van der Waals surface area (Å²) in [6, 6.07) is 7.18. The summed E-state index contributed by atoms with van der Waals surface area (Å²) in [5.74, 6) is -0.268. The second-order valence-electron chi connectivity index (χ2n) is 7.36. The molecule has 0 unspecified atom stereocenters. The third-order valence-corrected chi connectivity index (χ3v) is 4.70. The Balaban J connectivity index is 1.86. The van der Waals surface area contributed by atoms with Crippen molar-refractivity contribution in [2.45, 2.75) is 12.6 Å². The Hall–Kier alpha value is -3.65. The molecule has 0 saturated carbocycles. The average molecular weight is 445 g/mol. The van der Waals surface area contributed by atoms with Gasteiger partial charge in [0.25, 0.3) is 0 Å². The fraction of sp³-hybridized carbons (Fsp3) is 0.333. The van der Waals surface area contributed by atoms with Gasteiger partial charge >= 0.3 is 6.18 Å². The Morgan fingerprint density at radius 3 is 2.75 bits per heavy atom. The van der Waals surface area contributed by atoms with Gasteiger partial charge < -0.3 is 15.4 Å². The highest BCUT2D eigenvalue weighted by molar-refractivity contribution is 5.83. The molecule has 1 aromatic carbocycles. The van der Waals surface area contributed by atoms with Crippen LogP contribution in [0.1, 0.15) is 17.7 Å². The van der Waals surface area contributed by atoms with Crippen LogP contribution in [0.5, 0.6) is 5.75 Å². The number of fused-ring (bicyclic) bond motifs is 1. The lowest BCUT2D eigenvalue weighted by molar-refractivity contribution is -0.138. The van der Waals surface area contributed by atoms with Crippen LogP contribution >= 0.6 is 0 Å². The van der Waals surface area contributed by atoms with E-state index in [9.17, 15) is 18.4 Å². The van der Waals surface area contributed by atoms with Crippen molar-refractivity contribution in [2.75, 3.05) is 26.7 Å². The van der Waals surface area contributed by atoms with E-state index < -0.39 is 11.7 Å². The van der Waals surface area contributed by atoms with Gasteiger partial charge in [0.2, 0.25) is 0 Å². The first kappa shape index (κ1) is 23.0. The second kappa shape index (κ2) is 9.23. The van der Waals surface area contributed by atoms with Gasteiger partial charge in [-0.25, -0.2) is 9.67 Å². The maximum atomic E-state index is 13.7. The molecule has 0 aliphatic rings. The smallest absolute Gasteiger partial charge is 0.419 e. The van der Waals surface area contributed by atoms with Crippen LogP contribution in [0.25, 0.3) is 22.3 Å². The number of nitrogens with two attached hydrogens (primary N) is 1. The van der Waals surface area contributed by atoms with Gasteiger partial charge in [0.05, 0.1) is 23.4 Å². The van der Waals surface area contributed by atoms with E-state index >= 15 is 0 Å². The first-order chi connectivity index (χ1) is 15.1. The molecular weight excluding hydrogens is 423 g/mol. The molecule has 3 rings (SSSR count). The van der Waals surface area contributed by atoms with Crippen LogP contribution < -0.4 is 10.5 Å². The predicted molar refractivity (Wildman–Crippen MR) is 112 cm³/mol. The zero-order valence-corrected chi connectivity index (χ0v) is 17.6. The second-order valence-corrected chi connectivity index (χ2v) is 7.36. The standard InChI is InChI=1S/C21H22F3N7O/c1-13(26)12-30(2)7-4-8-32-19-6-5-14(9-15(19)21(22,23)24)16-10-18-20(17(11-25)27-16)28-29-31(18)3/h5-6,9-10H,1,4,7-8,12,26H2,2-3H3. The highest BCUT2D eigenvalue weighted by atomic mass is 19.4. The minimum Gasteiger partial charge on any atom is -0.493 e. The average Bonchev–Trinajstić information content (AvgIpc) is 3.10. The summed E-state index contributed by atoms with van der Waals surface area (Å²) in [6.07, 6.45) is -4.12. The van der Waals surface area contributed by atoms with E-state index in [1.165, 1.54) is 16.8 Å². The van der Waals surface area contributed by atoms with Crippen LogP contribution in [0.3, 0.4) is 0 Å². The first-order valence-corrected chi connectivity index (χ1v) is 9.67. The number of aromatic nitrogens is 4. The monoisotopic (exact) mass is 445 g/mol. The number of ether oxygens (including phenoxy) is 1. The molecule has 3 aromatic rings. The molecule has 0 atom stereocenters. The number of alkyl halides is 3. The van der Waals surface area contributed by atoms with E-state index in [0.29, 0.717) is 30.7 Å². The van der Waals surface area contributed by atoms with Gasteiger partial charge in [-0.05, 0) is 37.7 Å². The number of rotatable bonds is 8. The van der Waals surface area contributed by atoms with E-state index in [-0.39, 0.29) is 34.8 Å². The van der Waals surface area contributed by atoms with E-state index in [0.717, 1.165) is 6.07 Å². The summed E-state index contributed by atoms with van der Waals surface area (Å²) in [5.41, 5.74) is 6.32. The fourth-order valence-corrected chi connectivity index (χ4v) is 3.23. The van der Waals surface area contributed by atoms with Gasteiger partial charge in [-0.15, -0.1) is 5.10 Å². The lowest BCUT2D eigenvalue weighted by Crippen LogP contribution is -2.25. The van der Waals surface area contributed by atoms with Crippen molar-refractivity contribution in [3.05, 3.63) is 47.8 Å². The molecule has 0 radical (unpaired) electrons. The molecule has 8 nitrogen and oxygen atoms in total. The van der Waals surface area contributed by atoms with Crippen molar-refractivity contribution in [1.82, 2.24) is 24.9 Å². The van der Waals surface area contributed by atoms with Crippen molar-refractivity contribution >= 4 is 11.0 Å². The summed E-state index contributed by atoms with van der Waals surface area (Å²) < 4.78 is 48.1. The number of hydrogen-bond acceptors (Lipinski definition) is 7. The molecule has 0 fully saturated rings. The predicted octanol–water partition coefficient (Wildman–Crippen LogP) is 3.09. The summed E-state index contributed by atoms with van der Waals surface area (Å²) in [5, 5.41) is 17.1. The van der Waals surface area contributed by atoms with E-state index in [4.69, 9.17) is 10.5 Å². The number of likely N-dealkylation sites (N-methyl/N-ethyl adjacent to an activating group) is 1. The van der Waals surface area contributed by atoms with Crippen LogP contribution in [0, 0.1) is 11.3 Å². The zero-order chi connectivity index (χ0) is 23.5. The number of aryl methyl sites for hydroxylation is 1. The molecule has 0 aliphatic heterocycles. The minimum absolute atomic E-state index is 0.0104. The lowest BCUT2D eigenvalue weighted by atomic mass is 10.1. The van der Waals surface area contributed by atoms with Crippen molar-refractivity contribution in [1.29, 1.82) is 5.26 Å². The molecule has 2 heterocycles. The summed E-state index contributed by atoms with van der Waals surface area (Å²) >= 11 is 0. The summed E-state index contributed by atoms with van der Waals surface area (Å²) in [7, 11) is 3.46. The normalized spacial score (nSPS) is 11.7. The van der Waals surface area contributed by atoms with E-state index in [1.807, 2.05) is 18.0 Å². The SMILES string of the molecule is C=C(N)CN(C)CCCOc1ccc(-c2cc3c(nnn3C)c(C#N)n2)cc1C(F)(F)F. The number of hydrogen-bond donors (Lipinski definition) is 1. The quantitative estimate of drug-likeness (QED) is 0.531. The number of halogens is 3. The molecule has 11 heteroatoms. The molecule has 0 saturated heterocycles. The Kier molecular flexibility index (Phi) is 6.64. The molecule has 0 amide bonds. The van der Waals surface area contributed by atoms with Gasteiger partial charge in [-0.1, -0.05) is 11.8 Å². The molecular formula is C21H22F3N7O. The van der Waals surface area contributed by atoms with Crippen molar-refractivity contribution in [3.8, 4) is 23.1 Å². The van der Waals surface area contributed by atoms with Crippen molar-refractivity contribution in [3.63, 3.8) is 0 Å². The zero-order valence-electron chi connectivity index (χ0n) is 17.6. The van der Waals surface area contributed by atoms with Crippen LogP contribution in [-0.2, 0) is 13.2 Å². The van der Waals surface area contributed by atoms with Crippen LogP contribution in [-0.4, -0.2) is 51.6 Å². The minimum atomic E-state index is -4.63. The van der Waals surface area contributed by atoms with Crippen molar-refractivity contribution in [2.24, 2.45) is 12.8 Å². The summed E-state index contributed by atoms with van der Waals surface area (Å²) in [6.45, 7) is 4.81. The van der Waals surface area contributed by atoms with Crippen LogP contribution in [0.4, 0.5) is 13.2 Å². The Morgan fingerprint density at radius 1 is 1.34 bits per heavy atom. The van der Waals surface area contributed by atoms with Crippen LogP contribution in [0.15, 0.2) is 36.5 Å². The maximum Gasteiger partial charge on any atom is 0.419 e. The number of pyridine rings is 1. The van der Waals surface area contributed by atoms with Gasteiger partial charge in [-0.2, -0.15) is 18.4 Å². The molecule has 2 aromatic heterocycles. The first-order valence-electron chi connectivity index (χ1n) is 9.67. The van der Waals surface area contributed by atoms with Gasteiger partial charge in [0.15, 0.2) is 5.69 Å². The Morgan fingerprint density at radius 2 is 2.09 bits per heavy atom. The maximum absolute atomic E-state index is 13.7. The highest BCUT2D eigenvalue weighted by Gasteiger charge is 2.35. The number of nitriles is 1. The largest absolute Gasteiger partial charge is 0.493 e. The number of nitrogens with zero attached hydrogens (tertiary/aromatic N) is 6. The molecule has 0 spiro atoms. The fourth-order valence-electron chi connectivity index (χ4n) is 3.23. The number of benzene rings is 1. The van der Waals surface area contributed by atoms with Crippen molar-refractivity contribution < 1.29 is 17.9 Å². The van der Waals surface area contributed by atoms with E-state index in [1.54, 1.807) is 13.1 Å². The van der Waals surface area contributed by atoms with Gasteiger partial charge in [0, 0.05) is 31.4 Å². The summed E-state index contributed by atoms with van der Waals surface area (Å²) in [4.78, 5) is 6.07. The topological polar surface area (TPSA) is 106 Å². The molecule has 32 heavy (non-hydrogen) atoms. The third-order valence-electron chi connectivity index (χ3n) is 4.70. The Labute approximate surface area is 182 Å². The van der Waals surface area contributed by atoms with Gasteiger partial charge in [0.1, 0.15) is 17.3 Å². The van der Waals surface area contributed by atoms with Crippen LogP contribution in [0.2, 0.25) is 0 Å². The van der Waals surface area contributed by atoms with Gasteiger partial charge in [-0.3, -0.25) is 0 Å². The highest BCUT2D eigenvalue weighted by Crippen LogP contribution is 2.39. The molecule has 2 N–H and O–H groups in total. The third kappa shape index (κ3) is 5.15. The molecule has 168 valence electrons. The molecule has 0 aliphatic carbocycles. The van der Waals surface area contributed by atoms with E-state index in [2.05, 4.69) is 21.9 Å².